The van der Waals surface area contributed by atoms with Crippen molar-refractivity contribution in [2.45, 2.75) is 70.4 Å². The molecule has 8 heteroatoms. The van der Waals surface area contributed by atoms with Crippen molar-refractivity contribution in [3.05, 3.63) is 23.8 Å². The minimum Gasteiger partial charge on any atom is -0.465 e. The number of anilines is 2. The van der Waals surface area contributed by atoms with Gasteiger partial charge >= 0.3 is 6.09 Å². The van der Waals surface area contributed by atoms with Gasteiger partial charge in [0.15, 0.2) is 0 Å². The lowest BCUT2D eigenvalue weighted by molar-refractivity contribution is -0.139. The normalized spacial score (nSPS) is 27.6. The second-order valence-corrected chi connectivity index (χ2v) is 9.76. The summed E-state index contributed by atoms with van der Waals surface area (Å²) in [5.41, 5.74) is 1.29. The third-order valence-corrected chi connectivity index (χ3v) is 7.66. The van der Waals surface area contributed by atoms with Crippen LogP contribution in [0.5, 0.6) is 0 Å². The summed E-state index contributed by atoms with van der Waals surface area (Å²) in [6.07, 6.45) is 5.23. The molecule has 2 saturated heterocycles. The van der Waals surface area contributed by atoms with Gasteiger partial charge in [-0.05, 0) is 69.6 Å². The first kappa shape index (κ1) is 23.4. The smallest absolute Gasteiger partial charge is 0.411 e. The summed E-state index contributed by atoms with van der Waals surface area (Å²) in [6.45, 7) is 4.41. The van der Waals surface area contributed by atoms with Gasteiger partial charge in [0.25, 0.3) is 0 Å². The highest BCUT2D eigenvalue weighted by molar-refractivity contribution is 5.88. The lowest BCUT2D eigenvalue weighted by atomic mass is 9.78. The molecule has 3 aliphatic rings. The Morgan fingerprint density at radius 3 is 2.67 bits per heavy atom. The highest BCUT2D eigenvalue weighted by atomic mass is 16.4. The Bertz CT molecular complexity index is 937. The van der Waals surface area contributed by atoms with E-state index in [9.17, 15) is 25.1 Å². The number of likely N-dealkylation sites (tertiary alicyclic amines) is 1. The predicted molar refractivity (Wildman–Crippen MR) is 125 cm³/mol. The number of rotatable bonds is 5. The van der Waals surface area contributed by atoms with Crippen LogP contribution in [0, 0.1) is 16.7 Å². The third-order valence-electron chi connectivity index (χ3n) is 7.66. The summed E-state index contributed by atoms with van der Waals surface area (Å²) >= 11 is 0. The van der Waals surface area contributed by atoms with E-state index in [-0.39, 0.29) is 18.1 Å². The fourth-order valence-corrected chi connectivity index (χ4v) is 5.90. The Morgan fingerprint density at radius 1 is 1.24 bits per heavy atom. The van der Waals surface area contributed by atoms with Crippen molar-refractivity contribution in [2.75, 3.05) is 36.0 Å². The van der Waals surface area contributed by atoms with Gasteiger partial charge in [-0.3, -0.25) is 9.69 Å². The van der Waals surface area contributed by atoms with Crippen LogP contribution in [0.1, 0.15) is 63.9 Å². The number of carboxylic acid groups (broad SMARTS) is 1. The lowest BCUT2D eigenvalue weighted by Crippen LogP contribution is -2.50. The number of nitriles is 1. The number of carbonyl (C=O) groups is 2. The molecule has 3 fully saturated rings. The minimum atomic E-state index is -1.03. The van der Waals surface area contributed by atoms with Crippen molar-refractivity contribution in [1.82, 2.24) is 4.90 Å². The molecule has 2 amide bonds. The molecule has 0 unspecified atom stereocenters. The first-order valence-electron chi connectivity index (χ1n) is 12.2. The molecule has 1 aliphatic carbocycles. The molecule has 33 heavy (non-hydrogen) atoms. The molecule has 2 aliphatic heterocycles. The minimum absolute atomic E-state index is 0.226. The van der Waals surface area contributed by atoms with Crippen LogP contribution in [0.3, 0.4) is 0 Å². The number of amides is 2. The number of aliphatic hydroxyl groups excluding tert-OH is 1. The number of piperidine rings is 1. The molecule has 1 aromatic rings. The van der Waals surface area contributed by atoms with Gasteiger partial charge in [0.1, 0.15) is 6.07 Å². The van der Waals surface area contributed by atoms with Crippen molar-refractivity contribution in [3.8, 4) is 6.07 Å². The molecule has 2 N–H and O–H groups in total. The maximum Gasteiger partial charge on any atom is 0.411 e. The van der Waals surface area contributed by atoms with Gasteiger partial charge in [0.05, 0.1) is 22.8 Å². The highest BCUT2D eigenvalue weighted by Gasteiger charge is 2.50. The monoisotopic (exact) mass is 454 g/mol. The quantitative estimate of drug-likeness (QED) is 0.704. The number of hydrogen-bond acceptors (Lipinski definition) is 5. The van der Waals surface area contributed by atoms with E-state index in [1.807, 2.05) is 13.0 Å². The summed E-state index contributed by atoms with van der Waals surface area (Å²) < 4.78 is 0. The zero-order chi connectivity index (χ0) is 23.6. The number of carbonyl (C=O) groups excluding carboxylic acids is 1. The first-order valence-corrected chi connectivity index (χ1v) is 12.2. The van der Waals surface area contributed by atoms with E-state index in [0.717, 1.165) is 63.7 Å². The van der Waals surface area contributed by atoms with E-state index in [1.54, 1.807) is 12.1 Å². The van der Waals surface area contributed by atoms with E-state index in [0.29, 0.717) is 30.8 Å². The fraction of sp³-hybridized carbons (Fsp3) is 0.640. The number of aliphatic hydroxyl groups is 1. The second-order valence-electron chi connectivity index (χ2n) is 9.76. The summed E-state index contributed by atoms with van der Waals surface area (Å²) in [5, 5.41) is 29.2. The lowest BCUT2D eigenvalue weighted by Gasteiger charge is -2.41. The number of benzene rings is 1. The van der Waals surface area contributed by atoms with Gasteiger partial charge in [-0.1, -0.05) is 6.92 Å². The summed E-state index contributed by atoms with van der Waals surface area (Å²) in [4.78, 5) is 30.7. The molecular formula is C25H34N4O4. The Kier molecular flexibility index (Phi) is 6.80. The summed E-state index contributed by atoms with van der Waals surface area (Å²) in [6, 6.07) is 7.71. The average molecular weight is 455 g/mol. The zero-order valence-corrected chi connectivity index (χ0v) is 19.4. The van der Waals surface area contributed by atoms with E-state index in [2.05, 4.69) is 15.9 Å². The molecular weight excluding hydrogens is 420 g/mol. The van der Waals surface area contributed by atoms with Crippen molar-refractivity contribution >= 4 is 23.4 Å². The summed E-state index contributed by atoms with van der Waals surface area (Å²) in [7, 11) is 0. The molecule has 1 saturated carbocycles. The largest absolute Gasteiger partial charge is 0.465 e. The van der Waals surface area contributed by atoms with Crippen LogP contribution in [-0.4, -0.2) is 65.4 Å². The molecule has 1 spiro atoms. The second kappa shape index (κ2) is 9.60. The zero-order valence-electron chi connectivity index (χ0n) is 19.4. The first-order chi connectivity index (χ1) is 15.9. The standard InChI is InChI=1S/C25H34N4O4/c1-2-12-29(24(32)33)20-6-9-22(18(15-20)16-26)27-13-3-10-25(17-27)11-14-28(23(25)31)19-4-7-21(30)8-5-19/h6,9,15,19,21,30H,2-5,7-8,10-14,17H2,1H3,(H,32,33)/t19-,21-,25-/m0/s1. The molecule has 0 aromatic heterocycles. The maximum absolute atomic E-state index is 13.6. The topological polar surface area (TPSA) is 108 Å². The molecule has 2 heterocycles. The SMILES string of the molecule is CCCN(C(=O)O)c1ccc(N2CCC[C@]3(CCN([C@H]4CC[C@H](O)CC4)C3=O)C2)c(C#N)c1. The van der Waals surface area contributed by atoms with Gasteiger partial charge in [-0.25, -0.2) is 4.79 Å². The van der Waals surface area contributed by atoms with Gasteiger partial charge in [-0.2, -0.15) is 5.26 Å². The van der Waals surface area contributed by atoms with Crippen molar-refractivity contribution in [3.63, 3.8) is 0 Å². The van der Waals surface area contributed by atoms with Crippen LogP contribution in [-0.2, 0) is 4.79 Å². The van der Waals surface area contributed by atoms with Crippen LogP contribution in [0.2, 0.25) is 0 Å². The van der Waals surface area contributed by atoms with Crippen LogP contribution >= 0.6 is 0 Å². The molecule has 178 valence electrons. The Labute approximate surface area is 195 Å². The van der Waals surface area contributed by atoms with Crippen LogP contribution in [0.4, 0.5) is 16.2 Å². The molecule has 1 atom stereocenters. The molecule has 0 radical (unpaired) electrons. The highest BCUT2D eigenvalue weighted by Crippen LogP contribution is 2.44. The van der Waals surface area contributed by atoms with Crippen LogP contribution in [0.15, 0.2) is 18.2 Å². The van der Waals surface area contributed by atoms with E-state index in [4.69, 9.17) is 0 Å². The van der Waals surface area contributed by atoms with E-state index in [1.165, 1.54) is 4.90 Å². The number of hydrogen-bond donors (Lipinski definition) is 2. The summed E-state index contributed by atoms with van der Waals surface area (Å²) in [5.74, 6) is 0.226. The van der Waals surface area contributed by atoms with Crippen molar-refractivity contribution in [1.29, 1.82) is 5.26 Å². The molecule has 0 bridgehead atoms. The van der Waals surface area contributed by atoms with Gasteiger partial charge in [0, 0.05) is 37.9 Å². The Morgan fingerprint density at radius 2 is 2.00 bits per heavy atom. The predicted octanol–water partition coefficient (Wildman–Crippen LogP) is 3.58. The molecule has 4 rings (SSSR count). The fourth-order valence-electron chi connectivity index (χ4n) is 5.90. The third kappa shape index (κ3) is 4.51. The van der Waals surface area contributed by atoms with Crippen LogP contribution < -0.4 is 9.80 Å². The Hall–Kier alpha value is -2.79. The van der Waals surface area contributed by atoms with Gasteiger partial charge < -0.3 is 20.0 Å². The average Bonchev–Trinajstić information content (AvgIpc) is 3.12. The van der Waals surface area contributed by atoms with E-state index < -0.39 is 11.5 Å². The molecule has 1 aromatic carbocycles. The van der Waals surface area contributed by atoms with Gasteiger partial charge in [0.2, 0.25) is 5.91 Å². The number of nitrogens with zero attached hydrogens (tertiary/aromatic N) is 4. The molecule has 8 nitrogen and oxygen atoms in total. The van der Waals surface area contributed by atoms with Gasteiger partial charge in [-0.15, -0.1) is 0 Å². The van der Waals surface area contributed by atoms with Crippen molar-refractivity contribution in [2.24, 2.45) is 5.41 Å². The Balaban J connectivity index is 1.53. The van der Waals surface area contributed by atoms with Crippen LogP contribution in [0.25, 0.3) is 0 Å². The van der Waals surface area contributed by atoms with E-state index >= 15 is 0 Å². The maximum atomic E-state index is 13.6. The van der Waals surface area contributed by atoms with Crippen molar-refractivity contribution < 1.29 is 19.8 Å².